The zero-order valence-electron chi connectivity index (χ0n) is 19.8. The van der Waals surface area contributed by atoms with Crippen molar-refractivity contribution in [3.63, 3.8) is 0 Å². The van der Waals surface area contributed by atoms with Crippen molar-refractivity contribution < 1.29 is 47.3 Å². The van der Waals surface area contributed by atoms with Crippen molar-refractivity contribution in [2.24, 2.45) is 0 Å². The van der Waals surface area contributed by atoms with Crippen LogP contribution in [0.1, 0.15) is 103 Å². The fraction of sp³-hybridized carbons (Fsp3) is 0.750. The normalized spacial score (nSPS) is 12.4. The first-order valence-electron chi connectivity index (χ1n) is 11.6. The zero-order chi connectivity index (χ0) is 21.5. The van der Waals surface area contributed by atoms with Crippen LogP contribution in [-0.4, -0.2) is 24.8 Å². The van der Waals surface area contributed by atoms with E-state index in [4.69, 9.17) is 4.74 Å². The first-order valence-corrected chi connectivity index (χ1v) is 13.2. The minimum absolute atomic E-state index is 0. The van der Waals surface area contributed by atoms with Crippen molar-refractivity contribution in [2.45, 2.75) is 110 Å². The molecule has 1 atom stereocenters. The van der Waals surface area contributed by atoms with Crippen LogP contribution in [0.5, 0.6) is 5.75 Å². The number of hydrogen-bond donors (Lipinski definition) is 0. The zero-order valence-corrected chi connectivity index (χ0v) is 22.6. The van der Waals surface area contributed by atoms with Crippen molar-refractivity contribution in [1.29, 1.82) is 0 Å². The number of rotatable bonds is 17. The molecule has 0 aromatic heterocycles. The number of hydrogen-bond acceptors (Lipinski definition) is 4. The summed E-state index contributed by atoms with van der Waals surface area (Å²) in [7, 11) is -4.20. The van der Waals surface area contributed by atoms with Gasteiger partial charge in [0.05, 0.1) is 16.2 Å². The van der Waals surface area contributed by atoms with E-state index in [2.05, 4.69) is 26.0 Å². The predicted octanol–water partition coefficient (Wildman–Crippen LogP) is 3.42. The molecule has 1 rings (SSSR count). The standard InChI is InChI=1S/C24H42O4S.Na/c1-4-6-8-10-12-14-22-16-17-24(28-21(3)18-19-29(25,26)27)23(20-22)15-13-11-9-7-5-2;/h16-17,20-21H,4-15,18-19H2,1-3H3,(H,25,26,27);/q;+1/p-1. The van der Waals surface area contributed by atoms with E-state index in [1.54, 1.807) is 0 Å². The molecule has 0 N–H and O–H groups in total. The molecule has 6 heteroatoms. The van der Waals surface area contributed by atoms with Gasteiger partial charge in [-0.05, 0) is 56.2 Å². The average molecular weight is 449 g/mol. The van der Waals surface area contributed by atoms with Gasteiger partial charge in [0.15, 0.2) is 0 Å². The summed E-state index contributed by atoms with van der Waals surface area (Å²) in [4.78, 5) is 0. The Morgan fingerprint density at radius 3 is 2.03 bits per heavy atom. The maximum Gasteiger partial charge on any atom is 1.00 e. The minimum Gasteiger partial charge on any atom is -0.748 e. The van der Waals surface area contributed by atoms with Crippen molar-refractivity contribution in [3.8, 4) is 5.75 Å². The smallest absolute Gasteiger partial charge is 0.748 e. The van der Waals surface area contributed by atoms with E-state index in [-0.39, 0.29) is 47.8 Å². The van der Waals surface area contributed by atoms with Crippen LogP contribution in [0.2, 0.25) is 0 Å². The molecule has 0 saturated carbocycles. The first kappa shape index (κ1) is 29.9. The van der Waals surface area contributed by atoms with Gasteiger partial charge in [-0.2, -0.15) is 0 Å². The van der Waals surface area contributed by atoms with Crippen LogP contribution in [0, 0.1) is 0 Å². The second kappa shape index (κ2) is 17.5. The summed E-state index contributed by atoms with van der Waals surface area (Å²) in [5.41, 5.74) is 2.57. The summed E-state index contributed by atoms with van der Waals surface area (Å²) in [6.45, 7) is 6.29. The molecule has 1 aromatic carbocycles. The molecule has 0 aliphatic rings. The van der Waals surface area contributed by atoms with Crippen LogP contribution < -0.4 is 34.3 Å². The van der Waals surface area contributed by atoms with E-state index in [0.29, 0.717) is 0 Å². The molecule has 0 bridgehead atoms. The Labute approximate surface area is 207 Å². The van der Waals surface area contributed by atoms with Crippen LogP contribution in [0.15, 0.2) is 18.2 Å². The van der Waals surface area contributed by atoms with E-state index in [0.717, 1.165) is 25.0 Å². The summed E-state index contributed by atoms with van der Waals surface area (Å²) < 4.78 is 38.7. The Morgan fingerprint density at radius 1 is 0.900 bits per heavy atom. The van der Waals surface area contributed by atoms with Crippen LogP contribution in [0.4, 0.5) is 0 Å². The summed E-state index contributed by atoms with van der Waals surface area (Å²) in [5, 5.41) is 0. The van der Waals surface area contributed by atoms with Gasteiger partial charge in [0.1, 0.15) is 5.75 Å². The molecule has 4 nitrogen and oxygen atoms in total. The molecule has 0 aliphatic heterocycles. The van der Waals surface area contributed by atoms with Crippen molar-refractivity contribution in [1.82, 2.24) is 0 Å². The van der Waals surface area contributed by atoms with Gasteiger partial charge in [-0.1, -0.05) is 77.3 Å². The quantitative estimate of drug-likeness (QED) is 0.208. The summed E-state index contributed by atoms with van der Waals surface area (Å²) in [6.07, 6.45) is 14.5. The maximum absolute atomic E-state index is 10.9. The Hall–Kier alpha value is -0.0700. The summed E-state index contributed by atoms with van der Waals surface area (Å²) in [6, 6.07) is 6.43. The number of benzene rings is 1. The molecule has 0 amide bonds. The summed E-state index contributed by atoms with van der Waals surface area (Å²) >= 11 is 0. The Balaban J connectivity index is 0.00000841. The van der Waals surface area contributed by atoms with Gasteiger partial charge in [-0.15, -0.1) is 0 Å². The van der Waals surface area contributed by atoms with Gasteiger partial charge in [0.2, 0.25) is 0 Å². The van der Waals surface area contributed by atoms with Gasteiger partial charge in [0, 0.05) is 5.75 Å². The minimum atomic E-state index is -4.20. The Kier molecular flexibility index (Phi) is 17.4. The SMILES string of the molecule is CCCCCCCc1ccc(OC(C)CCS(=O)(=O)[O-])c(CCCCCCC)c1.[Na+]. The van der Waals surface area contributed by atoms with Crippen LogP contribution >= 0.6 is 0 Å². The van der Waals surface area contributed by atoms with E-state index >= 15 is 0 Å². The Morgan fingerprint density at radius 2 is 1.47 bits per heavy atom. The fourth-order valence-corrected chi connectivity index (χ4v) is 4.16. The molecule has 1 aromatic rings. The number of aryl methyl sites for hydroxylation is 2. The second-order valence-corrected chi connectivity index (χ2v) is 9.77. The third kappa shape index (κ3) is 14.9. The molecule has 0 heterocycles. The van der Waals surface area contributed by atoms with Crippen molar-refractivity contribution in [2.75, 3.05) is 5.75 Å². The molecule has 0 saturated heterocycles. The molecular weight excluding hydrogens is 407 g/mol. The molecule has 30 heavy (non-hydrogen) atoms. The maximum atomic E-state index is 10.9. The largest absolute Gasteiger partial charge is 1.00 e. The monoisotopic (exact) mass is 448 g/mol. The molecule has 0 spiro atoms. The molecule has 168 valence electrons. The van der Waals surface area contributed by atoms with Crippen molar-refractivity contribution >= 4 is 10.1 Å². The topological polar surface area (TPSA) is 66.4 Å². The van der Waals surface area contributed by atoms with Gasteiger partial charge in [-0.25, -0.2) is 8.42 Å². The first-order chi connectivity index (χ1) is 13.9. The van der Waals surface area contributed by atoms with Crippen LogP contribution in [0.25, 0.3) is 0 Å². The van der Waals surface area contributed by atoms with Gasteiger partial charge in [-0.3, -0.25) is 0 Å². The van der Waals surface area contributed by atoms with Gasteiger partial charge >= 0.3 is 29.6 Å². The molecular formula is C24H41NaO4S. The third-order valence-corrected chi connectivity index (χ3v) is 6.08. The predicted molar refractivity (Wildman–Crippen MR) is 121 cm³/mol. The average Bonchev–Trinajstić information content (AvgIpc) is 2.67. The fourth-order valence-electron chi connectivity index (χ4n) is 3.54. The van der Waals surface area contributed by atoms with E-state index in [9.17, 15) is 13.0 Å². The third-order valence-electron chi connectivity index (χ3n) is 5.35. The Bertz CT molecular complexity index is 661. The van der Waals surface area contributed by atoms with Gasteiger partial charge < -0.3 is 9.29 Å². The van der Waals surface area contributed by atoms with E-state index in [1.807, 2.05) is 13.0 Å². The van der Waals surface area contributed by atoms with E-state index in [1.165, 1.54) is 68.9 Å². The van der Waals surface area contributed by atoms with Crippen molar-refractivity contribution in [3.05, 3.63) is 29.3 Å². The molecule has 0 aliphatic carbocycles. The van der Waals surface area contributed by atoms with Gasteiger partial charge in [0.25, 0.3) is 0 Å². The number of ether oxygens (including phenoxy) is 1. The van der Waals surface area contributed by atoms with E-state index < -0.39 is 10.1 Å². The van der Waals surface area contributed by atoms with Crippen LogP contribution in [-0.2, 0) is 23.0 Å². The van der Waals surface area contributed by atoms with Crippen LogP contribution in [0.3, 0.4) is 0 Å². The molecule has 1 unspecified atom stereocenters. The molecule has 0 radical (unpaired) electrons. The molecule has 0 fully saturated rings. The second-order valence-electron chi connectivity index (χ2n) is 8.25. The summed E-state index contributed by atoms with van der Waals surface area (Å²) in [5.74, 6) is 0.460. The number of unbranched alkanes of at least 4 members (excludes halogenated alkanes) is 8.